The molecule has 2 rings (SSSR count). The van der Waals surface area contributed by atoms with Crippen LogP contribution in [0.4, 0.5) is 5.69 Å². The summed E-state index contributed by atoms with van der Waals surface area (Å²) in [6.07, 6.45) is 1.79. The van der Waals surface area contributed by atoms with Crippen LogP contribution in [0.5, 0.6) is 5.75 Å². The first-order chi connectivity index (χ1) is 13.0. The van der Waals surface area contributed by atoms with Crippen LogP contribution in [0.15, 0.2) is 48.5 Å². The predicted octanol–water partition coefficient (Wildman–Crippen LogP) is 3.86. The molecule has 0 unspecified atom stereocenters. The molecule has 0 aliphatic heterocycles. The second-order valence-corrected chi connectivity index (χ2v) is 5.95. The van der Waals surface area contributed by atoms with E-state index in [0.29, 0.717) is 29.2 Å². The molecular weight excluding hydrogens is 346 g/mol. The smallest absolute Gasteiger partial charge is 0.338 e. The number of ether oxygens (including phenoxy) is 2. The Morgan fingerprint density at radius 1 is 1.00 bits per heavy atom. The van der Waals surface area contributed by atoms with E-state index in [-0.39, 0.29) is 24.3 Å². The number of benzene rings is 2. The summed E-state index contributed by atoms with van der Waals surface area (Å²) in [6.45, 7) is 3.65. The van der Waals surface area contributed by atoms with Crippen molar-refractivity contribution in [3.63, 3.8) is 0 Å². The summed E-state index contributed by atoms with van der Waals surface area (Å²) in [6, 6.07) is 13.2. The van der Waals surface area contributed by atoms with E-state index in [1.165, 1.54) is 6.92 Å². The van der Waals surface area contributed by atoms with Gasteiger partial charge in [0.15, 0.2) is 12.4 Å². The van der Waals surface area contributed by atoms with Gasteiger partial charge in [0.2, 0.25) is 0 Å². The maximum atomic E-state index is 12.1. The molecule has 1 N–H and O–H groups in total. The van der Waals surface area contributed by atoms with Crippen LogP contribution in [0.3, 0.4) is 0 Å². The van der Waals surface area contributed by atoms with Gasteiger partial charge in [0.25, 0.3) is 5.91 Å². The number of unbranched alkanes of at least 4 members (excludes halogenated alkanes) is 1. The Morgan fingerprint density at radius 3 is 2.37 bits per heavy atom. The van der Waals surface area contributed by atoms with E-state index in [0.717, 1.165) is 12.8 Å². The summed E-state index contributed by atoms with van der Waals surface area (Å²) in [5, 5.41) is 2.66. The Morgan fingerprint density at radius 2 is 1.70 bits per heavy atom. The van der Waals surface area contributed by atoms with Crippen LogP contribution in [0.1, 0.15) is 47.4 Å². The minimum absolute atomic E-state index is 0.131. The van der Waals surface area contributed by atoms with Crippen molar-refractivity contribution in [1.29, 1.82) is 0 Å². The van der Waals surface area contributed by atoms with Crippen molar-refractivity contribution < 1.29 is 23.9 Å². The SMILES string of the molecule is CCCCOC(=O)c1ccc(OCC(=O)Nc2ccccc2C(C)=O)cc1. The van der Waals surface area contributed by atoms with Gasteiger partial charge in [-0.3, -0.25) is 9.59 Å². The molecule has 27 heavy (non-hydrogen) atoms. The molecule has 0 heterocycles. The van der Waals surface area contributed by atoms with E-state index < -0.39 is 0 Å². The fraction of sp³-hybridized carbons (Fsp3) is 0.286. The maximum absolute atomic E-state index is 12.1. The number of Topliss-reactive ketones (excluding diaryl/α,β-unsaturated/α-hetero) is 1. The Kier molecular flexibility index (Phi) is 7.55. The molecular formula is C21H23NO5. The van der Waals surface area contributed by atoms with Crippen molar-refractivity contribution in [3.05, 3.63) is 59.7 Å². The van der Waals surface area contributed by atoms with Crippen LogP contribution in [0, 0.1) is 0 Å². The number of amides is 1. The predicted molar refractivity (Wildman–Crippen MR) is 102 cm³/mol. The van der Waals surface area contributed by atoms with Crippen LogP contribution in [-0.4, -0.2) is 30.9 Å². The van der Waals surface area contributed by atoms with Crippen LogP contribution in [-0.2, 0) is 9.53 Å². The largest absolute Gasteiger partial charge is 0.484 e. The van der Waals surface area contributed by atoms with Gasteiger partial charge >= 0.3 is 5.97 Å². The number of para-hydroxylation sites is 1. The van der Waals surface area contributed by atoms with E-state index in [1.807, 2.05) is 6.92 Å². The Bertz CT molecular complexity index is 798. The number of hydrogen-bond donors (Lipinski definition) is 1. The highest BCUT2D eigenvalue weighted by Crippen LogP contribution is 2.16. The number of hydrogen-bond acceptors (Lipinski definition) is 5. The second-order valence-electron chi connectivity index (χ2n) is 5.95. The Balaban J connectivity index is 1.87. The molecule has 0 radical (unpaired) electrons. The zero-order chi connectivity index (χ0) is 19.6. The van der Waals surface area contributed by atoms with Crippen molar-refractivity contribution in [3.8, 4) is 5.75 Å². The maximum Gasteiger partial charge on any atom is 0.338 e. The lowest BCUT2D eigenvalue weighted by Crippen LogP contribution is -2.21. The fourth-order valence-electron chi connectivity index (χ4n) is 2.31. The zero-order valence-electron chi connectivity index (χ0n) is 15.5. The fourth-order valence-corrected chi connectivity index (χ4v) is 2.31. The molecule has 0 bridgehead atoms. The summed E-state index contributed by atoms with van der Waals surface area (Å²) in [4.78, 5) is 35.5. The number of anilines is 1. The highest BCUT2D eigenvalue weighted by molar-refractivity contribution is 6.03. The van der Waals surface area contributed by atoms with Gasteiger partial charge < -0.3 is 14.8 Å². The van der Waals surface area contributed by atoms with E-state index in [1.54, 1.807) is 48.5 Å². The van der Waals surface area contributed by atoms with Crippen LogP contribution in [0.25, 0.3) is 0 Å². The quantitative estimate of drug-likeness (QED) is 0.412. The van der Waals surface area contributed by atoms with Gasteiger partial charge in [-0.15, -0.1) is 0 Å². The highest BCUT2D eigenvalue weighted by atomic mass is 16.5. The third-order valence-corrected chi connectivity index (χ3v) is 3.77. The van der Waals surface area contributed by atoms with Crippen LogP contribution in [0.2, 0.25) is 0 Å². The molecule has 0 atom stereocenters. The summed E-state index contributed by atoms with van der Waals surface area (Å²) in [5.74, 6) is -0.441. The van der Waals surface area contributed by atoms with Gasteiger partial charge in [0, 0.05) is 5.56 Å². The van der Waals surface area contributed by atoms with E-state index in [4.69, 9.17) is 9.47 Å². The van der Waals surface area contributed by atoms with Crippen molar-refractivity contribution >= 4 is 23.3 Å². The molecule has 0 aliphatic rings. The van der Waals surface area contributed by atoms with Gasteiger partial charge in [-0.1, -0.05) is 25.5 Å². The molecule has 0 aromatic heterocycles. The summed E-state index contributed by atoms with van der Waals surface area (Å²) >= 11 is 0. The monoisotopic (exact) mass is 369 g/mol. The molecule has 0 fully saturated rings. The molecule has 0 aliphatic carbocycles. The molecule has 0 spiro atoms. The number of esters is 1. The van der Waals surface area contributed by atoms with Gasteiger partial charge in [0.05, 0.1) is 17.9 Å². The molecule has 6 nitrogen and oxygen atoms in total. The normalized spacial score (nSPS) is 10.1. The van der Waals surface area contributed by atoms with E-state index in [9.17, 15) is 14.4 Å². The molecule has 0 saturated heterocycles. The number of carbonyl (C=O) groups is 3. The van der Waals surface area contributed by atoms with Crippen molar-refractivity contribution in [2.45, 2.75) is 26.7 Å². The molecule has 1 amide bonds. The Labute approximate surface area is 158 Å². The third-order valence-electron chi connectivity index (χ3n) is 3.77. The average molecular weight is 369 g/mol. The minimum atomic E-state index is -0.383. The van der Waals surface area contributed by atoms with Crippen molar-refractivity contribution in [1.82, 2.24) is 0 Å². The van der Waals surface area contributed by atoms with Gasteiger partial charge in [-0.05, 0) is 49.7 Å². The van der Waals surface area contributed by atoms with Crippen molar-refractivity contribution in [2.75, 3.05) is 18.5 Å². The number of carbonyl (C=O) groups excluding carboxylic acids is 3. The Hall–Kier alpha value is -3.15. The van der Waals surface area contributed by atoms with E-state index >= 15 is 0 Å². The number of nitrogens with one attached hydrogen (secondary N) is 1. The van der Waals surface area contributed by atoms with Crippen molar-refractivity contribution in [2.24, 2.45) is 0 Å². The molecule has 142 valence electrons. The van der Waals surface area contributed by atoms with Gasteiger partial charge in [0.1, 0.15) is 5.75 Å². The lowest BCUT2D eigenvalue weighted by atomic mass is 10.1. The second kappa shape index (κ2) is 10.1. The van der Waals surface area contributed by atoms with Gasteiger partial charge in [-0.25, -0.2) is 4.79 Å². The lowest BCUT2D eigenvalue weighted by Gasteiger charge is -2.10. The first-order valence-electron chi connectivity index (χ1n) is 8.81. The molecule has 2 aromatic carbocycles. The summed E-state index contributed by atoms with van der Waals surface area (Å²) in [5.41, 5.74) is 1.32. The van der Waals surface area contributed by atoms with Gasteiger partial charge in [-0.2, -0.15) is 0 Å². The summed E-state index contributed by atoms with van der Waals surface area (Å²) in [7, 11) is 0. The number of ketones is 1. The third kappa shape index (κ3) is 6.26. The van der Waals surface area contributed by atoms with Crippen LogP contribution < -0.4 is 10.1 Å². The molecule has 0 saturated carbocycles. The molecule has 6 heteroatoms. The number of rotatable bonds is 9. The standard InChI is InChI=1S/C21H23NO5/c1-3-4-13-26-21(25)16-9-11-17(12-10-16)27-14-20(24)22-19-8-6-5-7-18(19)15(2)23/h5-12H,3-4,13-14H2,1-2H3,(H,22,24). The first kappa shape index (κ1) is 20.2. The topological polar surface area (TPSA) is 81.7 Å². The van der Waals surface area contributed by atoms with E-state index in [2.05, 4.69) is 5.32 Å². The average Bonchev–Trinajstić information content (AvgIpc) is 2.67. The van der Waals surface area contributed by atoms with Crippen LogP contribution >= 0.6 is 0 Å². The summed E-state index contributed by atoms with van der Waals surface area (Å²) < 4.78 is 10.6. The first-order valence-corrected chi connectivity index (χ1v) is 8.81. The molecule has 2 aromatic rings. The minimum Gasteiger partial charge on any atom is -0.484 e. The highest BCUT2D eigenvalue weighted by Gasteiger charge is 2.11. The zero-order valence-corrected chi connectivity index (χ0v) is 15.5. The lowest BCUT2D eigenvalue weighted by molar-refractivity contribution is -0.118.